The van der Waals surface area contributed by atoms with Crippen LogP contribution in [0.2, 0.25) is 0 Å². The normalized spacial score (nSPS) is 19.8. The van der Waals surface area contributed by atoms with E-state index < -0.39 is 5.41 Å². The van der Waals surface area contributed by atoms with Gasteiger partial charge < -0.3 is 10.6 Å². The Morgan fingerprint density at radius 1 is 1.32 bits per heavy atom. The first-order chi connectivity index (χ1) is 16.4. The highest BCUT2D eigenvalue weighted by molar-refractivity contribution is 9.10. The smallest absolute Gasteiger partial charge is 0.240 e. The highest BCUT2D eigenvalue weighted by Gasteiger charge is 2.45. The lowest BCUT2D eigenvalue weighted by Gasteiger charge is -2.19. The molecule has 0 spiro atoms. The van der Waals surface area contributed by atoms with Gasteiger partial charge >= 0.3 is 0 Å². The van der Waals surface area contributed by atoms with Crippen LogP contribution in [0.25, 0.3) is 27.3 Å². The van der Waals surface area contributed by atoms with Crippen LogP contribution >= 0.6 is 27.3 Å². The molecular weight excluding hydrogens is 518 g/mol. The molecule has 0 radical (unpaired) electrons. The molecule has 2 N–H and O–H groups in total. The van der Waals surface area contributed by atoms with Gasteiger partial charge in [0, 0.05) is 24.8 Å². The van der Waals surface area contributed by atoms with E-state index in [1.54, 1.807) is 29.3 Å². The number of fused-ring (bicyclic) bond motifs is 1. The summed E-state index contributed by atoms with van der Waals surface area (Å²) in [5, 5.41) is 30.9. The van der Waals surface area contributed by atoms with E-state index in [1.165, 1.54) is 0 Å². The summed E-state index contributed by atoms with van der Waals surface area (Å²) < 4.78 is 2.39. The largest absolute Gasteiger partial charge is 0.358 e. The molecule has 172 valence electrons. The second-order valence-corrected chi connectivity index (χ2v) is 10.1. The van der Waals surface area contributed by atoms with Crippen LogP contribution in [0, 0.1) is 23.7 Å². The third-order valence-corrected chi connectivity index (χ3v) is 7.46. The van der Waals surface area contributed by atoms with Gasteiger partial charge in [0.2, 0.25) is 11.9 Å². The maximum Gasteiger partial charge on any atom is 0.240 e. The molecule has 1 aromatic carbocycles. The van der Waals surface area contributed by atoms with Gasteiger partial charge in [-0.3, -0.25) is 4.79 Å². The first-order valence-corrected chi connectivity index (χ1v) is 12.3. The Kier molecular flexibility index (Phi) is 5.75. The summed E-state index contributed by atoms with van der Waals surface area (Å²) in [5.41, 5.74) is 1.45. The van der Waals surface area contributed by atoms with Gasteiger partial charge in [0.25, 0.3) is 0 Å². The Hall–Kier alpha value is -3.43. The zero-order valence-corrected chi connectivity index (χ0v) is 20.8. The number of aromatic nitrogens is 6. The fraction of sp³-hybridized carbons (Fsp3) is 0.318. The van der Waals surface area contributed by atoms with Crippen molar-refractivity contribution in [2.45, 2.75) is 32.2 Å². The van der Waals surface area contributed by atoms with E-state index in [2.05, 4.69) is 52.9 Å². The molecule has 1 aliphatic rings. The van der Waals surface area contributed by atoms with Crippen LogP contribution in [0.3, 0.4) is 0 Å². The Morgan fingerprint density at radius 2 is 2.12 bits per heavy atom. The lowest BCUT2D eigenvalue weighted by molar-refractivity contribution is -0.127. The minimum Gasteiger partial charge on any atom is -0.358 e. The average Bonchev–Trinajstić information content (AvgIpc) is 3.56. The van der Waals surface area contributed by atoms with Crippen molar-refractivity contribution in [2.75, 3.05) is 12.4 Å². The number of anilines is 1. The number of hydrogen-bond acceptors (Lipinski definition) is 9. The van der Waals surface area contributed by atoms with Crippen molar-refractivity contribution in [1.29, 1.82) is 5.26 Å². The molecule has 1 fully saturated rings. The molecular formula is C22H20BrN9OS. The number of hydrogen-bond donors (Lipinski definition) is 2. The SMILES string of the molecule is CNC(=O)[C@]1(C#N)CC[C@@H](Nc2ncc3c(Br)nn(-c4ccc(-c5nnc(C)s5)cc4)c3n2)C1. The monoisotopic (exact) mass is 537 g/mol. The summed E-state index contributed by atoms with van der Waals surface area (Å²) in [6.45, 7) is 1.93. The molecule has 10 nitrogen and oxygen atoms in total. The summed E-state index contributed by atoms with van der Waals surface area (Å²) in [6.07, 6.45) is 3.28. The minimum absolute atomic E-state index is 0.0798. The number of nitriles is 1. The lowest BCUT2D eigenvalue weighted by atomic mass is 9.87. The van der Waals surface area contributed by atoms with Crippen molar-refractivity contribution < 1.29 is 4.79 Å². The number of rotatable bonds is 5. The fourth-order valence-electron chi connectivity index (χ4n) is 4.23. The van der Waals surface area contributed by atoms with Crippen molar-refractivity contribution in [1.82, 2.24) is 35.3 Å². The van der Waals surface area contributed by atoms with Crippen LogP contribution in [0.4, 0.5) is 5.95 Å². The van der Waals surface area contributed by atoms with E-state index >= 15 is 0 Å². The summed E-state index contributed by atoms with van der Waals surface area (Å²) in [4.78, 5) is 21.4. The third-order valence-electron chi connectivity index (χ3n) is 5.99. The van der Waals surface area contributed by atoms with Crippen LogP contribution in [0.1, 0.15) is 24.3 Å². The molecule has 0 saturated heterocycles. The predicted octanol–water partition coefficient (Wildman–Crippen LogP) is 3.63. The quantitative estimate of drug-likeness (QED) is 0.394. The Morgan fingerprint density at radius 3 is 2.79 bits per heavy atom. The van der Waals surface area contributed by atoms with Gasteiger partial charge in [-0.25, -0.2) is 9.67 Å². The number of carbonyl (C=O) groups is 1. The van der Waals surface area contributed by atoms with Gasteiger partial charge in [0.05, 0.1) is 17.1 Å². The minimum atomic E-state index is -1.02. The van der Waals surface area contributed by atoms with E-state index in [9.17, 15) is 10.1 Å². The molecule has 0 aliphatic heterocycles. The summed E-state index contributed by atoms with van der Waals surface area (Å²) in [5.74, 6) is 0.183. The summed E-state index contributed by atoms with van der Waals surface area (Å²) in [6, 6.07) is 10.0. The Bertz CT molecular complexity index is 1420. The van der Waals surface area contributed by atoms with E-state index in [4.69, 9.17) is 4.98 Å². The highest BCUT2D eigenvalue weighted by atomic mass is 79.9. The maximum absolute atomic E-state index is 12.2. The molecule has 3 heterocycles. The van der Waals surface area contributed by atoms with E-state index in [0.717, 1.165) is 26.7 Å². The van der Waals surface area contributed by atoms with Gasteiger partial charge in [-0.05, 0) is 66.4 Å². The maximum atomic E-state index is 12.2. The standard InChI is InChI=1S/C22H20BrN9OS/c1-12-29-30-19(34-12)13-3-5-15(6-4-13)32-18-16(17(23)31-32)10-26-21(28-18)27-14-7-8-22(9-14,11-24)20(33)25-2/h3-6,10,14H,7-9H2,1-2H3,(H,25,33)(H,26,27,28)/t14-,22-/m1/s1. The number of benzene rings is 1. The highest BCUT2D eigenvalue weighted by Crippen LogP contribution is 2.39. The third kappa shape index (κ3) is 3.91. The second-order valence-electron chi connectivity index (χ2n) is 8.16. The van der Waals surface area contributed by atoms with Gasteiger partial charge in [0.15, 0.2) is 5.65 Å². The van der Waals surface area contributed by atoms with E-state index in [1.807, 2.05) is 31.2 Å². The molecule has 0 unspecified atom stereocenters. The molecule has 0 bridgehead atoms. The molecule has 34 heavy (non-hydrogen) atoms. The molecule has 1 aliphatic carbocycles. The molecule has 2 atom stereocenters. The van der Waals surface area contributed by atoms with Crippen molar-refractivity contribution >= 4 is 50.2 Å². The van der Waals surface area contributed by atoms with Crippen molar-refractivity contribution in [3.05, 3.63) is 40.1 Å². The molecule has 5 rings (SSSR count). The number of amides is 1. The average molecular weight is 538 g/mol. The number of nitrogens with one attached hydrogen (secondary N) is 2. The Labute approximate surface area is 207 Å². The van der Waals surface area contributed by atoms with Crippen LogP contribution in [-0.4, -0.2) is 48.9 Å². The van der Waals surface area contributed by atoms with Crippen LogP contribution in [0.5, 0.6) is 0 Å². The summed E-state index contributed by atoms with van der Waals surface area (Å²) in [7, 11) is 1.56. The zero-order valence-electron chi connectivity index (χ0n) is 18.4. The van der Waals surface area contributed by atoms with Crippen molar-refractivity contribution in [2.24, 2.45) is 5.41 Å². The number of nitrogens with zero attached hydrogens (tertiary/aromatic N) is 7. The predicted molar refractivity (Wildman–Crippen MR) is 131 cm³/mol. The first-order valence-electron chi connectivity index (χ1n) is 10.6. The number of carbonyl (C=O) groups excluding carboxylic acids is 1. The summed E-state index contributed by atoms with van der Waals surface area (Å²) >= 11 is 5.04. The molecule has 1 saturated carbocycles. The molecule has 12 heteroatoms. The van der Waals surface area contributed by atoms with Gasteiger partial charge in [0.1, 0.15) is 20.0 Å². The fourth-order valence-corrected chi connectivity index (χ4v) is 5.36. The molecule has 3 aromatic heterocycles. The second kappa shape index (κ2) is 8.73. The number of halogens is 1. The Balaban J connectivity index is 1.42. The lowest BCUT2D eigenvalue weighted by Crippen LogP contribution is -2.37. The first kappa shape index (κ1) is 22.4. The zero-order chi connectivity index (χ0) is 23.9. The topological polar surface area (TPSA) is 134 Å². The van der Waals surface area contributed by atoms with Crippen LogP contribution < -0.4 is 10.6 Å². The van der Waals surface area contributed by atoms with Crippen LogP contribution in [-0.2, 0) is 4.79 Å². The van der Waals surface area contributed by atoms with Crippen LogP contribution in [0.15, 0.2) is 35.1 Å². The van der Waals surface area contributed by atoms with Crippen molar-refractivity contribution in [3.63, 3.8) is 0 Å². The van der Waals surface area contributed by atoms with Crippen molar-refractivity contribution in [3.8, 4) is 22.3 Å². The van der Waals surface area contributed by atoms with Gasteiger partial charge in [-0.15, -0.1) is 10.2 Å². The van der Waals surface area contributed by atoms with Gasteiger partial charge in [-0.2, -0.15) is 15.3 Å². The van der Waals surface area contributed by atoms with E-state index in [0.29, 0.717) is 35.5 Å². The molecule has 4 aromatic rings. The van der Waals surface area contributed by atoms with E-state index in [-0.39, 0.29) is 11.9 Å². The number of aryl methyl sites for hydroxylation is 1. The molecule has 1 amide bonds. The van der Waals surface area contributed by atoms with Gasteiger partial charge in [-0.1, -0.05) is 11.3 Å².